The Bertz CT molecular complexity index is 732. The molecule has 1 aromatic rings. The highest BCUT2D eigenvalue weighted by Crippen LogP contribution is 2.47. The second-order valence-electron chi connectivity index (χ2n) is 10.9. The molecule has 5 rings (SSSR count). The van der Waals surface area contributed by atoms with Crippen molar-refractivity contribution in [2.75, 3.05) is 19.8 Å². The van der Waals surface area contributed by atoms with Gasteiger partial charge in [0.1, 0.15) is 0 Å². The van der Waals surface area contributed by atoms with Crippen molar-refractivity contribution in [3.63, 3.8) is 0 Å². The molecule has 1 aliphatic carbocycles. The van der Waals surface area contributed by atoms with Crippen LogP contribution in [0.4, 0.5) is 0 Å². The number of aryl methyl sites for hydroxylation is 1. The smallest absolute Gasteiger partial charge is 0.157 e. The zero-order chi connectivity index (χ0) is 23.9. The highest BCUT2D eigenvalue weighted by Gasteiger charge is 2.50. The maximum atomic E-state index is 9.70. The summed E-state index contributed by atoms with van der Waals surface area (Å²) in [5.74, 6) is 0.860. The lowest BCUT2D eigenvalue weighted by atomic mass is 9.85. The Morgan fingerprint density at radius 1 is 0.914 bits per heavy atom. The number of hydrogen-bond donors (Lipinski definition) is 1. The van der Waals surface area contributed by atoms with Crippen LogP contribution in [0.25, 0.3) is 0 Å². The van der Waals surface area contributed by atoms with Gasteiger partial charge in [0.05, 0.1) is 31.0 Å². The van der Waals surface area contributed by atoms with Gasteiger partial charge >= 0.3 is 0 Å². The number of aliphatic hydroxyl groups excluding tert-OH is 1. The third-order valence-electron chi connectivity index (χ3n) is 8.44. The molecule has 0 radical (unpaired) electrons. The first-order valence-electron chi connectivity index (χ1n) is 14.1. The van der Waals surface area contributed by atoms with Gasteiger partial charge in [-0.05, 0) is 88.0 Å². The summed E-state index contributed by atoms with van der Waals surface area (Å²) in [5, 5.41) is 9.70. The molecule has 0 aromatic heterocycles. The zero-order valence-electron chi connectivity index (χ0n) is 21.1. The predicted molar refractivity (Wildman–Crippen MR) is 133 cm³/mol. The SMILES string of the molecule is OCC1C[C@H]2C(C[C@@H](OC3CCCCO3)[C@@H]2CC[C@H](CCc2ccccc2)OC2CCCCO2)O1. The average Bonchev–Trinajstić information content (AvgIpc) is 3.45. The summed E-state index contributed by atoms with van der Waals surface area (Å²) >= 11 is 0. The molecule has 0 amide bonds. The normalized spacial score (nSPS) is 36.2. The lowest BCUT2D eigenvalue weighted by Crippen LogP contribution is -2.33. The van der Waals surface area contributed by atoms with Gasteiger partial charge in [0.25, 0.3) is 0 Å². The Morgan fingerprint density at radius 3 is 2.40 bits per heavy atom. The van der Waals surface area contributed by atoms with E-state index in [1.165, 1.54) is 18.4 Å². The van der Waals surface area contributed by atoms with E-state index in [1.54, 1.807) is 0 Å². The number of benzene rings is 1. The van der Waals surface area contributed by atoms with E-state index < -0.39 is 0 Å². The van der Waals surface area contributed by atoms with Gasteiger partial charge in [-0.1, -0.05) is 30.3 Å². The van der Waals surface area contributed by atoms with Crippen molar-refractivity contribution >= 4 is 0 Å². The van der Waals surface area contributed by atoms with Crippen LogP contribution in [0.15, 0.2) is 30.3 Å². The molecule has 6 heteroatoms. The van der Waals surface area contributed by atoms with Crippen LogP contribution in [0.3, 0.4) is 0 Å². The summed E-state index contributed by atoms with van der Waals surface area (Å²) in [6.45, 7) is 1.72. The van der Waals surface area contributed by atoms with Crippen molar-refractivity contribution in [2.24, 2.45) is 11.8 Å². The Balaban J connectivity index is 1.22. The molecule has 4 aliphatic rings. The Kier molecular flexibility index (Phi) is 9.50. The molecule has 6 nitrogen and oxygen atoms in total. The molecule has 1 N–H and O–H groups in total. The molecular formula is C29H44O6. The Morgan fingerprint density at radius 2 is 1.69 bits per heavy atom. The molecule has 3 heterocycles. The molecule has 4 fully saturated rings. The molecular weight excluding hydrogens is 444 g/mol. The highest BCUT2D eigenvalue weighted by molar-refractivity contribution is 5.14. The van der Waals surface area contributed by atoms with E-state index in [9.17, 15) is 5.11 Å². The highest BCUT2D eigenvalue weighted by atomic mass is 16.7. The van der Waals surface area contributed by atoms with Crippen LogP contribution in [-0.2, 0) is 30.1 Å². The van der Waals surface area contributed by atoms with Crippen LogP contribution in [0, 0.1) is 11.8 Å². The van der Waals surface area contributed by atoms with Gasteiger partial charge in [-0.15, -0.1) is 0 Å². The Hall–Kier alpha value is -1.02. The molecule has 1 saturated carbocycles. The van der Waals surface area contributed by atoms with E-state index in [-0.39, 0.29) is 43.6 Å². The number of ether oxygens (including phenoxy) is 5. The standard InChI is InChI=1S/C29H44O6/c30-20-23-18-25-24(26(19-27(25)33-23)35-29-11-5-7-17-32-29)15-14-22(34-28-10-4-6-16-31-28)13-12-21-8-2-1-3-9-21/h1-3,8-9,22-30H,4-7,10-20H2/t22-,23?,24+,25+,26+,27?,28?,29?/m0/s1. The van der Waals surface area contributed by atoms with Crippen LogP contribution in [0.5, 0.6) is 0 Å². The summed E-state index contributed by atoms with van der Waals surface area (Å²) in [7, 11) is 0. The van der Waals surface area contributed by atoms with Crippen molar-refractivity contribution in [3.05, 3.63) is 35.9 Å². The molecule has 0 bridgehead atoms. The first kappa shape index (κ1) is 25.6. The van der Waals surface area contributed by atoms with Gasteiger partial charge < -0.3 is 28.8 Å². The minimum atomic E-state index is -0.0792. The zero-order valence-corrected chi connectivity index (χ0v) is 21.1. The fraction of sp³-hybridized carbons (Fsp3) is 0.793. The van der Waals surface area contributed by atoms with Crippen LogP contribution < -0.4 is 0 Å². The topological polar surface area (TPSA) is 66.4 Å². The summed E-state index contributed by atoms with van der Waals surface area (Å²) in [6.07, 6.45) is 12.8. The van der Waals surface area contributed by atoms with Crippen molar-refractivity contribution in [1.29, 1.82) is 0 Å². The first-order chi connectivity index (χ1) is 17.3. The minimum Gasteiger partial charge on any atom is -0.394 e. The Labute approximate surface area is 210 Å². The molecule has 1 aromatic carbocycles. The van der Waals surface area contributed by atoms with E-state index in [2.05, 4.69) is 30.3 Å². The van der Waals surface area contributed by atoms with E-state index in [1.807, 2.05) is 0 Å². The van der Waals surface area contributed by atoms with Crippen LogP contribution in [0.1, 0.15) is 76.2 Å². The van der Waals surface area contributed by atoms with Crippen LogP contribution in [-0.4, -0.2) is 61.9 Å². The fourth-order valence-corrected chi connectivity index (χ4v) is 6.57. The van der Waals surface area contributed by atoms with E-state index in [0.29, 0.717) is 11.8 Å². The third kappa shape index (κ3) is 7.06. The van der Waals surface area contributed by atoms with Crippen molar-refractivity contribution in [1.82, 2.24) is 0 Å². The maximum Gasteiger partial charge on any atom is 0.157 e. The summed E-state index contributed by atoms with van der Waals surface area (Å²) < 4.78 is 31.2. The minimum absolute atomic E-state index is 0.0276. The van der Waals surface area contributed by atoms with Gasteiger partial charge in [-0.25, -0.2) is 0 Å². The molecule has 3 saturated heterocycles. The molecule has 35 heavy (non-hydrogen) atoms. The summed E-state index contributed by atoms with van der Waals surface area (Å²) in [5.41, 5.74) is 1.36. The quantitative estimate of drug-likeness (QED) is 0.472. The van der Waals surface area contributed by atoms with Crippen molar-refractivity contribution < 1.29 is 28.8 Å². The largest absolute Gasteiger partial charge is 0.394 e. The molecule has 8 atom stereocenters. The van der Waals surface area contributed by atoms with Gasteiger partial charge in [-0.3, -0.25) is 0 Å². The second-order valence-corrected chi connectivity index (χ2v) is 10.9. The molecule has 196 valence electrons. The number of aliphatic hydroxyl groups is 1. The second kappa shape index (κ2) is 13.0. The fourth-order valence-electron chi connectivity index (χ4n) is 6.57. The van der Waals surface area contributed by atoms with Crippen LogP contribution >= 0.6 is 0 Å². The van der Waals surface area contributed by atoms with Crippen LogP contribution in [0.2, 0.25) is 0 Å². The number of fused-ring (bicyclic) bond motifs is 1. The molecule has 3 aliphatic heterocycles. The molecule has 0 spiro atoms. The van der Waals surface area contributed by atoms with Gasteiger partial charge in [0, 0.05) is 19.6 Å². The summed E-state index contributed by atoms with van der Waals surface area (Å²) in [4.78, 5) is 0. The van der Waals surface area contributed by atoms with Crippen molar-refractivity contribution in [2.45, 2.75) is 114 Å². The lowest BCUT2D eigenvalue weighted by Gasteiger charge is -2.32. The number of hydrogen-bond acceptors (Lipinski definition) is 6. The van der Waals surface area contributed by atoms with E-state index >= 15 is 0 Å². The average molecular weight is 489 g/mol. The monoisotopic (exact) mass is 488 g/mol. The first-order valence-corrected chi connectivity index (χ1v) is 14.1. The van der Waals surface area contributed by atoms with Gasteiger partial charge in [0.15, 0.2) is 12.6 Å². The van der Waals surface area contributed by atoms with E-state index in [4.69, 9.17) is 23.7 Å². The maximum absolute atomic E-state index is 9.70. The van der Waals surface area contributed by atoms with Gasteiger partial charge in [0.2, 0.25) is 0 Å². The summed E-state index contributed by atoms with van der Waals surface area (Å²) in [6, 6.07) is 10.7. The van der Waals surface area contributed by atoms with Crippen molar-refractivity contribution in [3.8, 4) is 0 Å². The lowest BCUT2D eigenvalue weighted by molar-refractivity contribution is -0.201. The predicted octanol–water partition coefficient (Wildman–Crippen LogP) is 5.01. The number of rotatable bonds is 11. The van der Waals surface area contributed by atoms with Gasteiger partial charge in [-0.2, -0.15) is 0 Å². The molecule has 4 unspecified atom stereocenters. The third-order valence-corrected chi connectivity index (χ3v) is 8.44. The van der Waals surface area contributed by atoms with E-state index in [0.717, 1.165) is 77.4 Å².